The number of aliphatic imine (C=N–C) groups is 1. The van der Waals surface area contributed by atoms with Gasteiger partial charge >= 0.3 is 5.97 Å². The van der Waals surface area contributed by atoms with Gasteiger partial charge in [-0.1, -0.05) is 0 Å². The van der Waals surface area contributed by atoms with E-state index in [-0.39, 0.29) is 35.9 Å². The first-order chi connectivity index (χ1) is 12.7. The quantitative estimate of drug-likeness (QED) is 0.181. The Labute approximate surface area is 179 Å². The smallest absolute Gasteiger partial charge is 0.308 e. The van der Waals surface area contributed by atoms with Gasteiger partial charge in [-0.15, -0.1) is 34.2 Å². The molecule has 2 rings (SSSR count). The van der Waals surface area contributed by atoms with Crippen molar-refractivity contribution in [1.29, 1.82) is 0 Å². The van der Waals surface area contributed by atoms with Crippen molar-refractivity contribution in [2.45, 2.75) is 65.0 Å². The van der Waals surface area contributed by atoms with E-state index in [1.54, 1.807) is 12.7 Å². The van der Waals surface area contributed by atoms with E-state index in [0.717, 1.165) is 64.1 Å². The molecule has 0 amide bonds. The first-order valence-electron chi connectivity index (χ1n) is 9.76. The summed E-state index contributed by atoms with van der Waals surface area (Å²) in [6.07, 6.45) is 9.26. The van der Waals surface area contributed by atoms with Crippen LogP contribution in [0.5, 0.6) is 0 Å². The maximum atomic E-state index is 11.8. The molecule has 0 aromatic carbocycles. The van der Waals surface area contributed by atoms with E-state index in [4.69, 9.17) is 4.74 Å². The number of esters is 1. The summed E-state index contributed by atoms with van der Waals surface area (Å²) in [6, 6.07) is 0.371. The Hall–Kier alpha value is -1.39. The highest BCUT2D eigenvalue weighted by Gasteiger charge is 2.27. The van der Waals surface area contributed by atoms with Gasteiger partial charge in [0.25, 0.3) is 0 Å². The molecule has 154 valence electrons. The van der Waals surface area contributed by atoms with Crippen molar-refractivity contribution in [2.24, 2.45) is 10.9 Å². The largest absolute Gasteiger partial charge is 0.466 e. The minimum absolute atomic E-state index is 0. The van der Waals surface area contributed by atoms with Crippen LogP contribution in [0, 0.1) is 5.92 Å². The fourth-order valence-electron chi connectivity index (χ4n) is 3.18. The number of hydrogen-bond donors (Lipinski definition) is 2. The van der Waals surface area contributed by atoms with Crippen LogP contribution in [-0.2, 0) is 16.1 Å². The highest BCUT2D eigenvalue weighted by molar-refractivity contribution is 14.0. The third-order valence-corrected chi connectivity index (χ3v) is 4.59. The fraction of sp³-hybridized carbons (Fsp3) is 0.778. The Balaban J connectivity index is 0.00000364. The van der Waals surface area contributed by atoms with Crippen molar-refractivity contribution in [3.63, 3.8) is 0 Å². The molecule has 0 bridgehead atoms. The van der Waals surface area contributed by atoms with Gasteiger partial charge in [-0.2, -0.15) is 0 Å². The SMILES string of the molecule is CCNC(=NCCCCn1cnnc1)NC1CCC(C(=O)OCC)CC1.I. The zero-order valence-corrected chi connectivity index (χ0v) is 18.7. The third kappa shape index (κ3) is 8.89. The van der Waals surface area contributed by atoms with Gasteiger partial charge in [0.2, 0.25) is 0 Å². The molecule has 1 fully saturated rings. The third-order valence-electron chi connectivity index (χ3n) is 4.59. The van der Waals surface area contributed by atoms with Gasteiger partial charge in [0.1, 0.15) is 12.7 Å². The Morgan fingerprint density at radius 1 is 1.19 bits per heavy atom. The molecule has 0 aliphatic heterocycles. The second kappa shape index (κ2) is 13.7. The number of ether oxygens (including phenoxy) is 1. The van der Waals surface area contributed by atoms with Crippen molar-refractivity contribution in [1.82, 2.24) is 25.4 Å². The molecule has 8 nitrogen and oxygen atoms in total. The van der Waals surface area contributed by atoms with Crippen LogP contribution in [0.1, 0.15) is 52.4 Å². The molecule has 1 saturated carbocycles. The van der Waals surface area contributed by atoms with Gasteiger partial charge in [0.15, 0.2) is 5.96 Å². The summed E-state index contributed by atoms with van der Waals surface area (Å²) in [5, 5.41) is 14.4. The highest BCUT2D eigenvalue weighted by Crippen LogP contribution is 2.25. The van der Waals surface area contributed by atoms with Crippen molar-refractivity contribution < 1.29 is 9.53 Å². The standard InChI is InChI=1S/C18H32N6O2.HI/c1-3-19-18(20-11-5-6-12-24-13-21-22-14-24)23-16-9-7-15(8-10-16)17(25)26-4-2;/h13-16H,3-12H2,1-2H3,(H2,19,20,23);1H. The van der Waals surface area contributed by atoms with Crippen molar-refractivity contribution in [3.8, 4) is 0 Å². The molecule has 0 spiro atoms. The summed E-state index contributed by atoms with van der Waals surface area (Å²) in [6.45, 7) is 6.94. The minimum Gasteiger partial charge on any atom is -0.466 e. The van der Waals surface area contributed by atoms with Gasteiger partial charge in [0, 0.05) is 25.7 Å². The number of aromatic nitrogens is 3. The second-order valence-corrected chi connectivity index (χ2v) is 6.61. The van der Waals surface area contributed by atoms with Crippen LogP contribution >= 0.6 is 24.0 Å². The van der Waals surface area contributed by atoms with E-state index < -0.39 is 0 Å². The lowest BCUT2D eigenvalue weighted by molar-refractivity contribution is -0.149. The molecule has 0 radical (unpaired) electrons. The number of unbranched alkanes of at least 4 members (excludes halogenated alkanes) is 1. The summed E-state index contributed by atoms with van der Waals surface area (Å²) in [5.41, 5.74) is 0. The average Bonchev–Trinajstić information content (AvgIpc) is 3.16. The zero-order chi connectivity index (χ0) is 18.6. The lowest BCUT2D eigenvalue weighted by Crippen LogP contribution is -2.45. The monoisotopic (exact) mass is 492 g/mol. The van der Waals surface area contributed by atoms with Crippen LogP contribution in [0.3, 0.4) is 0 Å². The Bertz CT molecular complexity index is 544. The molecule has 1 aromatic rings. The molecule has 27 heavy (non-hydrogen) atoms. The van der Waals surface area contributed by atoms with Crippen molar-refractivity contribution in [3.05, 3.63) is 12.7 Å². The second-order valence-electron chi connectivity index (χ2n) is 6.61. The van der Waals surface area contributed by atoms with Crippen LogP contribution in [0.2, 0.25) is 0 Å². The first-order valence-corrected chi connectivity index (χ1v) is 9.76. The number of hydrogen-bond acceptors (Lipinski definition) is 5. The van der Waals surface area contributed by atoms with Crippen LogP contribution < -0.4 is 10.6 Å². The topological polar surface area (TPSA) is 93.4 Å². The van der Waals surface area contributed by atoms with E-state index >= 15 is 0 Å². The van der Waals surface area contributed by atoms with Crippen molar-refractivity contribution >= 4 is 35.9 Å². The summed E-state index contributed by atoms with van der Waals surface area (Å²) in [4.78, 5) is 16.5. The average molecular weight is 492 g/mol. The molecule has 1 aliphatic rings. The zero-order valence-electron chi connectivity index (χ0n) is 16.4. The molecule has 0 saturated heterocycles. The van der Waals surface area contributed by atoms with Gasteiger partial charge < -0.3 is 19.9 Å². The van der Waals surface area contributed by atoms with E-state index in [9.17, 15) is 4.79 Å². The lowest BCUT2D eigenvalue weighted by Gasteiger charge is -2.29. The van der Waals surface area contributed by atoms with Crippen LogP contribution in [-0.4, -0.2) is 52.4 Å². The van der Waals surface area contributed by atoms with Gasteiger partial charge in [-0.05, 0) is 52.4 Å². The van der Waals surface area contributed by atoms with Crippen LogP contribution in [0.25, 0.3) is 0 Å². The van der Waals surface area contributed by atoms with E-state index in [1.165, 1.54) is 0 Å². The first kappa shape index (κ1) is 23.6. The molecule has 0 unspecified atom stereocenters. The predicted molar refractivity (Wildman–Crippen MR) is 116 cm³/mol. The summed E-state index contributed by atoms with van der Waals surface area (Å²) >= 11 is 0. The Kier molecular flexibility index (Phi) is 12.0. The molecule has 9 heteroatoms. The molecular formula is C18H33IN6O2. The highest BCUT2D eigenvalue weighted by atomic mass is 127. The fourth-order valence-corrected chi connectivity index (χ4v) is 3.18. The van der Waals surface area contributed by atoms with E-state index in [1.807, 2.05) is 11.5 Å². The number of nitrogens with zero attached hydrogens (tertiary/aromatic N) is 4. The molecular weight excluding hydrogens is 459 g/mol. The number of carbonyl (C=O) groups is 1. The number of nitrogens with one attached hydrogen (secondary N) is 2. The number of guanidine groups is 1. The van der Waals surface area contributed by atoms with Crippen molar-refractivity contribution in [2.75, 3.05) is 19.7 Å². The van der Waals surface area contributed by atoms with Gasteiger partial charge in [0.05, 0.1) is 12.5 Å². The molecule has 2 N–H and O–H groups in total. The molecule has 1 heterocycles. The summed E-state index contributed by atoms with van der Waals surface area (Å²) in [5.74, 6) is 0.890. The summed E-state index contributed by atoms with van der Waals surface area (Å²) in [7, 11) is 0. The van der Waals surface area contributed by atoms with E-state index in [0.29, 0.717) is 12.6 Å². The number of halogens is 1. The maximum Gasteiger partial charge on any atom is 0.308 e. The Morgan fingerprint density at radius 2 is 1.89 bits per heavy atom. The van der Waals surface area contributed by atoms with Crippen LogP contribution in [0.15, 0.2) is 17.6 Å². The van der Waals surface area contributed by atoms with Crippen LogP contribution in [0.4, 0.5) is 0 Å². The normalized spacial score (nSPS) is 19.9. The lowest BCUT2D eigenvalue weighted by atomic mass is 9.86. The maximum absolute atomic E-state index is 11.8. The predicted octanol–water partition coefficient (Wildman–Crippen LogP) is 2.35. The van der Waals surface area contributed by atoms with Gasteiger partial charge in [-0.3, -0.25) is 9.79 Å². The number of carbonyl (C=O) groups excluding carboxylic acids is 1. The van der Waals surface area contributed by atoms with E-state index in [2.05, 4.69) is 32.7 Å². The number of aryl methyl sites for hydroxylation is 1. The molecule has 1 aromatic heterocycles. The van der Waals surface area contributed by atoms with Gasteiger partial charge in [-0.25, -0.2) is 0 Å². The molecule has 1 aliphatic carbocycles. The number of rotatable bonds is 9. The molecule has 0 atom stereocenters. The summed E-state index contributed by atoms with van der Waals surface area (Å²) < 4.78 is 7.12. The Morgan fingerprint density at radius 3 is 2.52 bits per heavy atom. The minimum atomic E-state index is -0.0420.